The number of aryl methyl sites for hydroxylation is 2. The number of halogens is 3. The van der Waals surface area contributed by atoms with Gasteiger partial charge in [0.15, 0.2) is 5.65 Å². The van der Waals surface area contributed by atoms with Crippen LogP contribution in [0.5, 0.6) is 0 Å². The zero-order valence-corrected chi connectivity index (χ0v) is 17.2. The molecular weight excluding hydrogens is 410 g/mol. The van der Waals surface area contributed by atoms with Crippen LogP contribution in [0, 0.1) is 32.4 Å². The Morgan fingerprint density at radius 3 is 2.63 bits per heavy atom. The Kier molecular flexibility index (Phi) is 4.99. The van der Waals surface area contributed by atoms with Gasteiger partial charge in [-0.05, 0) is 56.7 Å². The van der Waals surface area contributed by atoms with Gasteiger partial charge in [-0.2, -0.15) is 5.10 Å². The molecular formula is C22H17ClF2N4O. The normalized spacial score (nSPS) is 11.1. The molecule has 0 aliphatic rings. The summed E-state index contributed by atoms with van der Waals surface area (Å²) in [5.74, 6) is -1.96. The highest BCUT2D eigenvalue weighted by Crippen LogP contribution is 2.29. The molecule has 4 rings (SSSR count). The van der Waals surface area contributed by atoms with E-state index in [1.54, 1.807) is 30.7 Å². The number of benzene rings is 2. The van der Waals surface area contributed by atoms with Gasteiger partial charge in [0.2, 0.25) is 0 Å². The molecule has 2 aromatic heterocycles. The van der Waals surface area contributed by atoms with E-state index >= 15 is 0 Å². The Bertz CT molecular complexity index is 1320. The van der Waals surface area contributed by atoms with E-state index < -0.39 is 17.5 Å². The van der Waals surface area contributed by atoms with Crippen LogP contribution in [0.25, 0.3) is 16.7 Å². The molecule has 0 unspecified atom stereocenters. The number of rotatable bonds is 3. The van der Waals surface area contributed by atoms with Gasteiger partial charge < -0.3 is 5.32 Å². The van der Waals surface area contributed by atoms with Crippen LogP contribution in [0.1, 0.15) is 27.3 Å². The highest BCUT2D eigenvalue weighted by Gasteiger charge is 2.21. The van der Waals surface area contributed by atoms with Crippen molar-refractivity contribution in [2.24, 2.45) is 0 Å². The van der Waals surface area contributed by atoms with E-state index in [-0.39, 0.29) is 11.3 Å². The van der Waals surface area contributed by atoms with Crippen LogP contribution in [0.15, 0.2) is 42.5 Å². The lowest BCUT2D eigenvalue weighted by atomic mass is 10.1. The average Bonchev–Trinajstić information content (AvgIpc) is 3.02. The van der Waals surface area contributed by atoms with Crippen molar-refractivity contribution in [2.45, 2.75) is 20.8 Å². The summed E-state index contributed by atoms with van der Waals surface area (Å²) in [5.41, 5.74) is 3.21. The fraction of sp³-hybridized carbons (Fsp3) is 0.136. The monoisotopic (exact) mass is 426 g/mol. The molecule has 2 aromatic carbocycles. The van der Waals surface area contributed by atoms with E-state index in [1.807, 2.05) is 19.1 Å². The third-order valence-corrected chi connectivity index (χ3v) is 5.24. The van der Waals surface area contributed by atoms with Gasteiger partial charge in [-0.1, -0.05) is 17.7 Å². The second kappa shape index (κ2) is 7.50. The molecule has 0 fully saturated rings. The number of anilines is 1. The summed E-state index contributed by atoms with van der Waals surface area (Å²) in [5, 5.41) is 8.12. The SMILES string of the molecule is Cc1cc(C(=O)Nc2cc(F)ccc2F)c2c(C)nn(-c3cccc(Cl)c3C)c2n1. The van der Waals surface area contributed by atoms with Crippen LogP contribution in [-0.4, -0.2) is 20.7 Å². The van der Waals surface area contributed by atoms with Gasteiger partial charge in [-0.3, -0.25) is 4.79 Å². The third kappa shape index (κ3) is 3.41. The second-order valence-corrected chi connectivity index (χ2v) is 7.38. The molecule has 4 aromatic rings. The maximum Gasteiger partial charge on any atom is 0.256 e. The van der Waals surface area contributed by atoms with Gasteiger partial charge in [-0.15, -0.1) is 0 Å². The number of amides is 1. The van der Waals surface area contributed by atoms with Crippen molar-refractivity contribution in [2.75, 3.05) is 5.32 Å². The molecule has 0 saturated heterocycles. The second-order valence-electron chi connectivity index (χ2n) is 6.97. The van der Waals surface area contributed by atoms with E-state index in [4.69, 9.17) is 11.6 Å². The molecule has 8 heteroatoms. The number of carbonyl (C=O) groups is 1. The maximum absolute atomic E-state index is 14.0. The lowest BCUT2D eigenvalue weighted by Gasteiger charge is -2.10. The number of nitrogens with zero attached hydrogens (tertiary/aromatic N) is 3. The summed E-state index contributed by atoms with van der Waals surface area (Å²) in [6.45, 7) is 5.38. The average molecular weight is 427 g/mol. The molecule has 0 radical (unpaired) electrons. The molecule has 0 aliphatic heterocycles. The minimum atomic E-state index is -0.728. The number of fused-ring (bicyclic) bond motifs is 1. The van der Waals surface area contributed by atoms with Crippen LogP contribution < -0.4 is 5.32 Å². The fourth-order valence-electron chi connectivity index (χ4n) is 3.37. The first-order valence-corrected chi connectivity index (χ1v) is 9.53. The summed E-state index contributed by atoms with van der Waals surface area (Å²) >= 11 is 6.26. The predicted octanol–water partition coefficient (Wildman–Crippen LogP) is 5.53. The summed E-state index contributed by atoms with van der Waals surface area (Å²) < 4.78 is 29.1. The van der Waals surface area contributed by atoms with Crippen molar-refractivity contribution in [3.63, 3.8) is 0 Å². The Labute approximate surface area is 176 Å². The smallest absolute Gasteiger partial charge is 0.256 e. The first kappa shape index (κ1) is 20.0. The number of pyridine rings is 1. The predicted molar refractivity (Wildman–Crippen MR) is 112 cm³/mol. The molecule has 2 heterocycles. The molecule has 5 nitrogen and oxygen atoms in total. The number of aromatic nitrogens is 3. The van der Waals surface area contributed by atoms with Gasteiger partial charge >= 0.3 is 0 Å². The zero-order valence-electron chi connectivity index (χ0n) is 16.4. The number of carbonyl (C=O) groups excluding carboxylic acids is 1. The van der Waals surface area contributed by atoms with Crippen molar-refractivity contribution in [3.05, 3.63) is 81.6 Å². The minimum absolute atomic E-state index is 0.238. The van der Waals surface area contributed by atoms with Gasteiger partial charge in [0.1, 0.15) is 11.6 Å². The Hall–Kier alpha value is -3.32. The molecule has 0 aliphatic carbocycles. The van der Waals surface area contributed by atoms with Gasteiger partial charge in [-0.25, -0.2) is 18.4 Å². The highest BCUT2D eigenvalue weighted by atomic mass is 35.5. The van der Waals surface area contributed by atoms with Crippen molar-refractivity contribution in [1.82, 2.24) is 14.8 Å². The molecule has 1 amide bonds. The summed E-state index contributed by atoms with van der Waals surface area (Å²) in [6, 6.07) is 9.93. The van der Waals surface area contributed by atoms with Crippen molar-refractivity contribution < 1.29 is 13.6 Å². The van der Waals surface area contributed by atoms with Crippen LogP contribution in [0.3, 0.4) is 0 Å². The summed E-state index contributed by atoms with van der Waals surface area (Å²) in [7, 11) is 0. The van der Waals surface area contributed by atoms with Crippen molar-refractivity contribution in [3.8, 4) is 5.69 Å². The minimum Gasteiger partial charge on any atom is -0.319 e. The topological polar surface area (TPSA) is 59.8 Å². The largest absolute Gasteiger partial charge is 0.319 e. The highest BCUT2D eigenvalue weighted by molar-refractivity contribution is 6.31. The van der Waals surface area contributed by atoms with Gasteiger partial charge in [0, 0.05) is 16.8 Å². The van der Waals surface area contributed by atoms with Gasteiger partial charge in [0.05, 0.1) is 28.0 Å². The number of hydrogen-bond donors (Lipinski definition) is 1. The maximum atomic E-state index is 14.0. The lowest BCUT2D eigenvalue weighted by molar-refractivity contribution is 0.102. The van der Waals surface area contributed by atoms with E-state index in [1.165, 1.54) is 0 Å². The quantitative estimate of drug-likeness (QED) is 0.468. The molecule has 1 N–H and O–H groups in total. The summed E-state index contributed by atoms with van der Waals surface area (Å²) in [4.78, 5) is 17.5. The van der Waals surface area contributed by atoms with E-state index in [0.717, 1.165) is 29.4 Å². The van der Waals surface area contributed by atoms with E-state index in [2.05, 4.69) is 15.4 Å². The first-order chi connectivity index (χ1) is 14.3. The zero-order chi connectivity index (χ0) is 21.6. The number of hydrogen-bond acceptors (Lipinski definition) is 3. The van der Waals surface area contributed by atoms with Crippen LogP contribution in [0.4, 0.5) is 14.5 Å². The Morgan fingerprint density at radius 1 is 1.10 bits per heavy atom. The Balaban J connectivity index is 1.88. The van der Waals surface area contributed by atoms with Crippen LogP contribution in [0.2, 0.25) is 5.02 Å². The lowest BCUT2D eigenvalue weighted by Crippen LogP contribution is -2.14. The van der Waals surface area contributed by atoms with Crippen molar-refractivity contribution >= 4 is 34.2 Å². The summed E-state index contributed by atoms with van der Waals surface area (Å²) in [6.07, 6.45) is 0. The van der Waals surface area contributed by atoms with Crippen LogP contribution >= 0.6 is 11.6 Å². The van der Waals surface area contributed by atoms with E-state index in [9.17, 15) is 13.6 Å². The molecule has 30 heavy (non-hydrogen) atoms. The Morgan fingerprint density at radius 2 is 1.87 bits per heavy atom. The first-order valence-electron chi connectivity index (χ1n) is 9.15. The fourth-order valence-corrected chi connectivity index (χ4v) is 3.54. The molecule has 0 spiro atoms. The van der Waals surface area contributed by atoms with E-state index in [0.29, 0.717) is 27.4 Å². The standard InChI is InChI=1S/C22H17ClF2N4O/c1-11-9-15(22(30)27-18-10-14(24)7-8-17(18)25)20-13(3)28-29(21(20)26-11)19-6-4-5-16(23)12(19)2/h4-10H,1-3H3,(H,27,30). The van der Waals surface area contributed by atoms with Gasteiger partial charge in [0.25, 0.3) is 5.91 Å². The van der Waals surface area contributed by atoms with Crippen molar-refractivity contribution in [1.29, 1.82) is 0 Å². The molecule has 0 atom stereocenters. The van der Waals surface area contributed by atoms with Crippen LogP contribution in [-0.2, 0) is 0 Å². The number of nitrogens with one attached hydrogen (secondary N) is 1. The molecule has 0 saturated carbocycles. The third-order valence-electron chi connectivity index (χ3n) is 4.83. The molecule has 152 valence electrons. The molecule has 0 bridgehead atoms.